The van der Waals surface area contributed by atoms with Crippen molar-refractivity contribution in [2.24, 2.45) is 5.73 Å². The van der Waals surface area contributed by atoms with Gasteiger partial charge in [-0.15, -0.1) is 0 Å². The molecule has 0 aromatic carbocycles. The number of ether oxygens (including phenoxy) is 1. The zero-order valence-electron chi connectivity index (χ0n) is 11.6. The van der Waals surface area contributed by atoms with Crippen molar-refractivity contribution < 1.29 is 14.6 Å². The summed E-state index contributed by atoms with van der Waals surface area (Å²) in [6.07, 6.45) is 2.56. The van der Waals surface area contributed by atoms with E-state index in [-0.39, 0.29) is 30.3 Å². The van der Waals surface area contributed by atoms with E-state index in [4.69, 9.17) is 16.2 Å². The standard InChI is InChI=1S/C13H17N5O3/c1-6-16-11(14)10-8(12(15)20)4-18(13(10)17-6)9-3-2-7(5-19)21-9/h4,7,9,19H,2-3,5H2,1H3,(H2,15,20)(H2,14,16,17)/t7-,9?/m0/s1. The van der Waals surface area contributed by atoms with Gasteiger partial charge in [0, 0.05) is 6.20 Å². The summed E-state index contributed by atoms with van der Waals surface area (Å²) < 4.78 is 7.48. The van der Waals surface area contributed by atoms with Gasteiger partial charge in [-0.2, -0.15) is 0 Å². The van der Waals surface area contributed by atoms with Crippen molar-refractivity contribution in [2.75, 3.05) is 12.3 Å². The minimum atomic E-state index is -0.588. The summed E-state index contributed by atoms with van der Waals surface area (Å²) in [7, 11) is 0. The minimum absolute atomic E-state index is 0.0332. The molecule has 0 radical (unpaired) electrons. The fourth-order valence-electron chi connectivity index (χ4n) is 2.72. The second-order valence-corrected chi connectivity index (χ2v) is 5.14. The number of nitrogen functional groups attached to an aromatic ring is 1. The number of hydrogen-bond acceptors (Lipinski definition) is 6. The van der Waals surface area contributed by atoms with Gasteiger partial charge in [0.15, 0.2) is 0 Å². The topological polar surface area (TPSA) is 129 Å². The predicted molar refractivity (Wildman–Crippen MR) is 75.4 cm³/mol. The molecule has 1 aliphatic rings. The molecule has 0 bridgehead atoms. The van der Waals surface area contributed by atoms with E-state index >= 15 is 0 Å². The van der Waals surface area contributed by atoms with Gasteiger partial charge in [0.25, 0.3) is 5.91 Å². The Morgan fingerprint density at radius 2 is 2.29 bits per heavy atom. The van der Waals surface area contributed by atoms with E-state index in [9.17, 15) is 9.90 Å². The predicted octanol–water partition coefficient (Wildman–Crippen LogP) is 0.0907. The van der Waals surface area contributed by atoms with Crippen molar-refractivity contribution in [3.63, 3.8) is 0 Å². The molecular formula is C13H17N5O3. The second-order valence-electron chi connectivity index (χ2n) is 5.14. The molecule has 5 N–H and O–H groups in total. The molecule has 1 unspecified atom stereocenters. The van der Waals surface area contributed by atoms with Crippen LogP contribution in [0.3, 0.4) is 0 Å². The van der Waals surface area contributed by atoms with E-state index in [0.29, 0.717) is 16.9 Å². The number of amides is 1. The normalized spacial score (nSPS) is 22.0. The average Bonchev–Trinajstić information content (AvgIpc) is 3.01. The highest BCUT2D eigenvalue weighted by atomic mass is 16.5. The third kappa shape index (κ3) is 2.22. The fraction of sp³-hybridized carbons (Fsp3) is 0.462. The van der Waals surface area contributed by atoms with Gasteiger partial charge in [-0.25, -0.2) is 9.97 Å². The first kappa shape index (κ1) is 13.8. The number of aliphatic hydroxyl groups is 1. The Kier molecular flexibility index (Phi) is 3.26. The number of anilines is 1. The van der Waals surface area contributed by atoms with Crippen LogP contribution in [-0.2, 0) is 4.74 Å². The first-order valence-electron chi connectivity index (χ1n) is 6.72. The molecule has 1 fully saturated rings. The molecule has 112 valence electrons. The number of carbonyl (C=O) groups is 1. The van der Waals surface area contributed by atoms with Gasteiger partial charge in [-0.1, -0.05) is 0 Å². The summed E-state index contributed by atoms with van der Waals surface area (Å²) in [6.45, 7) is 1.69. The molecule has 8 nitrogen and oxygen atoms in total. The number of carbonyl (C=O) groups excluding carboxylic acids is 1. The second kappa shape index (κ2) is 4.97. The molecule has 0 spiro atoms. The Bertz CT molecular complexity index is 711. The van der Waals surface area contributed by atoms with Crippen LogP contribution < -0.4 is 11.5 Å². The minimum Gasteiger partial charge on any atom is -0.394 e. The Balaban J connectivity index is 2.17. The fourth-order valence-corrected chi connectivity index (χ4v) is 2.72. The number of fused-ring (bicyclic) bond motifs is 1. The van der Waals surface area contributed by atoms with Gasteiger partial charge in [0.1, 0.15) is 23.5 Å². The smallest absolute Gasteiger partial charge is 0.251 e. The Morgan fingerprint density at radius 3 is 2.90 bits per heavy atom. The lowest BCUT2D eigenvalue weighted by molar-refractivity contribution is -0.0205. The third-order valence-electron chi connectivity index (χ3n) is 3.68. The van der Waals surface area contributed by atoms with Crippen LogP contribution in [0.15, 0.2) is 6.20 Å². The number of aryl methyl sites for hydroxylation is 1. The summed E-state index contributed by atoms with van der Waals surface area (Å²) in [5.74, 6) is 0.142. The van der Waals surface area contributed by atoms with Crippen molar-refractivity contribution in [2.45, 2.75) is 32.1 Å². The van der Waals surface area contributed by atoms with Gasteiger partial charge in [-0.3, -0.25) is 4.79 Å². The van der Waals surface area contributed by atoms with E-state index in [1.165, 1.54) is 0 Å². The van der Waals surface area contributed by atoms with Gasteiger partial charge >= 0.3 is 0 Å². The van der Waals surface area contributed by atoms with Crippen molar-refractivity contribution in [3.8, 4) is 0 Å². The number of aliphatic hydroxyl groups excluding tert-OH is 1. The number of hydrogen-bond donors (Lipinski definition) is 3. The maximum atomic E-state index is 11.6. The Hall–Kier alpha value is -2.19. The van der Waals surface area contributed by atoms with Gasteiger partial charge in [0.2, 0.25) is 0 Å². The van der Waals surface area contributed by atoms with E-state index in [0.717, 1.165) is 12.8 Å². The monoisotopic (exact) mass is 291 g/mol. The summed E-state index contributed by atoms with van der Waals surface area (Å²) in [5, 5.41) is 9.62. The molecular weight excluding hydrogens is 274 g/mol. The number of nitrogens with zero attached hydrogens (tertiary/aromatic N) is 3. The van der Waals surface area contributed by atoms with Crippen molar-refractivity contribution in [1.82, 2.24) is 14.5 Å². The lowest BCUT2D eigenvalue weighted by Gasteiger charge is -2.14. The largest absolute Gasteiger partial charge is 0.394 e. The van der Waals surface area contributed by atoms with Crippen LogP contribution in [0.1, 0.15) is 35.3 Å². The number of rotatable bonds is 3. The highest BCUT2D eigenvalue weighted by Gasteiger charge is 2.29. The van der Waals surface area contributed by atoms with E-state index in [1.807, 2.05) is 0 Å². The zero-order valence-corrected chi connectivity index (χ0v) is 11.6. The lowest BCUT2D eigenvalue weighted by Crippen LogP contribution is -2.14. The van der Waals surface area contributed by atoms with Crippen LogP contribution in [0, 0.1) is 6.92 Å². The van der Waals surface area contributed by atoms with E-state index in [1.54, 1.807) is 17.7 Å². The Labute approximate surface area is 120 Å². The summed E-state index contributed by atoms with van der Waals surface area (Å²) in [4.78, 5) is 20.1. The van der Waals surface area contributed by atoms with Crippen LogP contribution in [0.5, 0.6) is 0 Å². The first-order chi connectivity index (χ1) is 10.0. The van der Waals surface area contributed by atoms with Crippen LogP contribution in [0.2, 0.25) is 0 Å². The summed E-state index contributed by atoms with van der Waals surface area (Å²) >= 11 is 0. The van der Waals surface area contributed by atoms with Crippen LogP contribution in [0.4, 0.5) is 5.82 Å². The molecule has 3 rings (SSSR count). The van der Waals surface area contributed by atoms with E-state index in [2.05, 4.69) is 9.97 Å². The first-order valence-corrected chi connectivity index (χ1v) is 6.72. The molecule has 3 heterocycles. The molecule has 8 heteroatoms. The molecule has 2 atom stereocenters. The molecule has 1 aliphatic heterocycles. The Morgan fingerprint density at radius 1 is 1.52 bits per heavy atom. The lowest BCUT2D eigenvalue weighted by atomic mass is 10.2. The van der Waals surface area contributed by atoms with E-state index < -0.39 is 5.91 Å². The molecule has 0 aliphatic carbocycles. The van der Waals surface area contributed by atoms with Crippen LogP contribution in [0.25, 0.3) is 11.0 Å². The molecule has 1 saturated heterocycles. The maximum absolute atomic E-state index is 11.6. The average molecular weight is 291 g/mol. The molecule has 1 amide bonds. The van der Waals surface area contributed by atoms with Crippen LogP contribution >= 0.6 is 0 Å². The van der Waals surface area contributed by atoms with Crippen molar-refractivity contribution >= 4 is 22.8 Å². The molecule has 21 heavy (non-hydrogen) atoms. The van der Waals surface area contributed by atoms with Gasteiger partial charge < -0.3 is 25.9 Å². The van der Waals surface area contributed by atoms with Gasteiger partial charge in [-0.05, 0) is 19.8 Å². The van der Waals surface area contributed by atoms with Crippen molar-refractivity contribution in [3.05, 3.63) is 17.6 Å². The number of nitrogens with two attached hydrogens (primary N) is 2. The SMILES string of the molecule is Cc1nc(N)c2c(C(N)=O)cn(C3CC[C@@H](CO)O3)c2n1. The highest BCUT2D eigenvalue weighted by molar-refractivity contribution is 6.08. The molecule has 2 aromatic heterocycles. The number of aromatic nitrogens is 3. The zero-order chi connectivity index (χ0) is 15.1. The van der Waals surface area contributed by atoms with Crippen LogP contribution in [-0.4, -0.2) is 38.3 Å². The quantitative estimate of drug-likeness (QED) is 0.735. The van der Waals surface area contributed by atoms with Gasteiger partial charge in [0.05, 0.1) is 23.7 Å². The number of primary amides is 1. The van der Waals surface area contributed by atoms with Crippen molar-refractivity contribution in [1.29, 1.82) is 0 Å². The third-order valence-corrected chi connectivity index (χ3v) is 3.68. The summed E-state index contributed by atoms with van der Waals surface area (Å²) in [5.41, 5.74) is 12.1. The molecule has 2 aromatic rings. The highest BCUT2D eigenvalue weighted by Crippen LogP contribution is 2.33. The summed E-state index contributed by atoms with van der Waals surface area (Å²) in [6, 6.07) is 0. The maximum Gasteiger partial charge on any atom is 0.251 e. The molecule has 0 saturated carbocycles.